The highest BCUT2D eigenvalue weighted by Crippen LogP contribution is 2.34. The third-order valence-corrected chi connectivity index (χ3v) is 3.99. The average Bonchev–Trinajstić information content (AvgIpc) is 3.31. The molecule has 0 radical (unpaired) electrons. The van der Waals surface area contributed by atoms with E-state index < -0.39 is 0 Å². The second-order valence-corrected chi connectivity index (χ2v) is 5.93. The molecule has 1 aliphatic rings. The maximum atomic E-state index is 5.62. The van der Waals surface area contributed by atoms with Gasteiger partial charge in [0.1, 0.15) is 5.75 Å². The third-order valence-electron chi connectivity index (χ3n) is 3.99. The molecule has 20 heavy (non-hydrogen) atoms. The Morgan fingerprint density at radius 1 is 1.15 bits per heavy atom. The van der Waals surface area contributed by atoms with Crippen LogP contribution < -0.4 is 10.1 Å². The van der Waals surface area contributed by atoms with Crippen molar-refractivity contribution in [3.63, 3.8) is 0 Å². The van der Waals surface area contributed by atoms with Crippen LogP contribution in [0.15, 0.2) is 24.3 Å². The Labute approximate surface area is 123 Å². The zero-order chi connectivity index (χ0) is 14.2. The van der Waals surface area contributed by atoms with Crippen molar-refractivity contribution in [1.82, 2.24) is 5.32 Å². The number of hydrogen-bond acceptors (Lipinski definition) is 2. The highest BCUT2D eigenvalue weighted by atomic mass is 16.5. The summed E-state index contributed by atoms with van der Waals surface area (Å²) in [7, 11) is 0. The smallest absolute Gasteiger partial charge is 0.119 e. The lowest BCUT2D eigenvalue weighted by Crippen LogP contribution is -2.32. The summed E-state index contributed by atoms with van der Waals surface area (Å²) >= 11 is 0. The van der Waals surface area contributed by atoms with E-state index in [1.165, 1.54) is 37.7 Å². The van der Waals surface area contributed by atoms with Gasteiger partial charge < -0.3 is 10.1 Å². The van der Waals surface area contributed by atoms with Gasteiger partial charge in [-0.1, -0.05) is 26.0 Å². The second-order valence-electron chi connectivity index (χ2n) is 5.93. The van der Waals surface area contributed by atoms with Crippen LogP contribution in [0.3, 0.4) is 0 Å². The maximum Gasteiger partial charge on any atom is 0.119 e. The molecule has 2 rings (SSSR count). The van der Waals surface area contributed by atoms with Gasteiger partial charge in [0.2, 0.25) is 0 Å². The van der Waals surface area contributed by atoms with Crippen LogP contribution >= 0.6 is 0 Å². The normalized spacial score (nSPS) is 16.1. The molecule has 2 nitrogen and oxygen atoms in total. The zero-order valence-corrected chi connectivity index (χ0v) is 13.0. The van der Waals surface area contributed by atoms with E-state index in [0.717, 1.165) is 37.3 Å². The predicted molar refractivity (Wildman–Crippen MR) is 85.4 cm³/mol. The van der Waals surface area contributed by atoms with E-state index in [1.807, 2.05) is 0 Å². The van der Waals surface area contributed by atoms with Crippen LogP contribution in [0.5, 0.6) is 5.75 Å². The van der Waals surface area contributed by atoms with Crippen LogP contribution in [0, 0.1) is 5.92 Å². The summed E-state index contributed by atoms with van der Waals surface area (Å²) in [6.07, 6.45) is 7.57. The van der Waals surface area contributed by atoms with E-state index in [0.29, 0.717) is 0 Å². The Balaban J connectivity index is 1.76. The molecule has 0 aromatic heterocycles. The Morgan fingerprint density at radius 2 is 1.90 bits per heavy atom. The summed E-state index contributed by atoms with van der Waals surface area (Å²) in [6.45, 7) is 6.34. The van der Waals surface area contributed by atoms with Crippen molar-refractivity contribution in [2.75, 3.05) is 13.2 Å². The molecule has 1 aliphatic carbocycles. The first kappa shape index (κ1) is 15.4. The van der Waals surface area contributed by atoms with Crippen LogP contribution in [-0.4, -0.2) is 19.2 Å². The third kappa shape index (κ3) is 5.16. The summed E-state index contributed by atoms with van der Waals surface area (Å²) in [5.41, 5.74) is 1.43. The van der Waals surface area contributed by atoms with E-state index in [1.54, 1.807) is 0 Å². The van der Waals surface area contributed by atoms with E-state index in [2.05, 4.69) is 43.4 Å². The SMILES string of the molecule is CCCNC(CCc1ccc(OCCC)cc1)C1CC1. The minimum absolute atomic E-state index is 0.728. The van der Waals surface area contributed by atoms with Gasteiger partial charge in [-0.2, -0.15) is 0 Å². The van der Waals surface area contributed by atoms with Crippen molar-refractivity contribution in [2.45, 2.75) is 58.4 Å². The van der Waals surface area contributed by atoms with Crippen molar-refractivity contribution in [2.24, 2.45) is 5.92 Å². The van der Waals surface area contributed by atoms with Crippen LogP contribution in [0.2, 0.25) is 0 Å². The molecule has 0 heterocycles. The average molecular weight is 275 g/mol. The Kier molecular flexibility index (Phi) is 6.38. The van der Waals surface area contributed by atoms with Crippen LogP contribution in [0.1, 0.15) is 51.5 Å². The number of benzene rings is 1. The molecule has 0 bridgehead atoms. The number of ether oxygens (including phenoxy) is 1. The molecule has 1 aromatic rings. The predicted octanol–water partition coefficient (Wildman–Crippen LogP) is 4.19. The molecule has 0 aliphatic heterocycles. The summed E-state index contributed by atoms with van der Waals surface area (Å²) < 4.78 is 5.62. The number of nitrogens with one attached hydrogen (secondary N) is 1. The highest BCUT2D eigenvalue weighted by molar-refractivity contribution is 5.27. The lowest BCUT2D eigenvalue weighted by atomic mass is 10.0. The maximum absolute atomic E-state index is 5.62. The fourth-order valence-corrected chi connectivity index (χ4v) is 2.63. The van der Waals surface area contributed by atoms with Gasteiger partial charge in [0, 0.05) is 6.04 Å². The molecule has 0 saturated heterocycles. The van der Waals surface area contributed by atoms with Gasteiger partial charge in [0.25, 0.3) is 0 Å². The summed E-state index contributed by atoms with van der Waals surface area (Å²) in [4.78, 5) is 0. The van der Waals surface area contributed by atoms with Crippen molar-refractivity contribution in [1.29, 1.82) is 0 Å². The van der Waals surface area contributed by atoms with Crippen LogP contribution in [0.25, 0.3) is 0 Å². The standard InChI is InChI=1S/C18H29NO/c1-3-13-19-18(16-8-9-16)12-7-15-5-10-17(11-6-15)20-14-4-2/h5-6,10-11,16,18-19H,3-4,7-9,12-14H2,1-2H3. The largest absolute Gasteiger partial charge is 0.494 e. The first-order valence-electron chi connectivity index (χ1n) is 8.28. The van der Waals surface area contributed by atoms with Gasteiger partial charge in [-0.05, 0) is 68.7 Å². The quantitative estimate of drug-likeness (QED) is 0.691. The van der Waals surface area contributed by atoms with Crippen LogP contribution in [-0.2, 0) is 6.42 Å². The van der Waals surface area contributed by atoms with Crippen molar-refractivity contribution < 1.29 is 4.74 Å². The van der Waals surface area contributed by atoms with Crippen LogP contribution in [0.4, 0.5) is 0 Å². The van der Waals surface area contributed by atoms with E-state index in [9.17, 15) is 0 Å². The molecular weight excluding hydrogens is 246 g/mol. The first-order chi connectivity index (χ1) is 9.83. The lowest BCUT2D eigenvalue weighted by molar-refractivity contribution is 0.317. The van der Waals surface area contributed by atoms with E-state index in [4.69, 9.17) is 4.74 Å². The van der Waals surface area contributed by atoms with Gasteiger partial charge in [0.05, 0.1) is 6.61 Å². The molecule has 2 heteroatoms. The Bertz CT molecular complexity index is 370. The number of rotatable bonds is 10. The van der Waals surface area contributed by atoms with Gasteiger partial charge in [-0.3, -0.25) is 0 Å². The molecule has 1 fully saturated rings. The summed E-state index contributed by atoms with van der Waals surface area (Å²) in [5.74, 6) is 1.94. The molecule has 0 spiro atoms. The topological polar surface area (TPSA) is 21.3 Å². The molecule has 1 atom stereocenters. The fourth-order valence-electron chi connectivity index (χ4n) is 2.63. The molecule has 112 valence electrons. The van der Waals surface area contributed by atoms with Crippen molar-refractivity contribution in [3.8, 4) is 5.75 Å². The van der Waals surface area contributed by atoms with Gasteiger partial charge >= 0.3 is 0 Å². The molecule has 1 aromatic carbocycles. The number of aryl methyl sites for hydroxylation is 1. The lowest BCUT2D eigenvalue weighted by Gasteiger charge is -2.18. The van der Waals surface area contributed by atoms with Crippen molar-refractivity contribution >= 4 is 0 Å². The van der Waals surface area contributed by atoms with E-state index >= 15 is 0 Å². The minimum atomic E-state index is 0.728. The van der Waals surface area contributed by atoms with Gasteiger partial charge in [-0.25, -0.2) is 0 Å². The van der Waals surface area contributed by atoms with Gasteiger partial charge in [0.15, 0.2) is 0 Å². The summed E-state index contributed by atoms with van der Waals surface area (Å²) in [6, 6.07) is 9.38. The fraction of sp³-hybridized carbons (Fsp3) is 0.667. The molecule has 1 unspecified atom stereocenters. The second kappa shape index (κ2) is 8.31. The zero-order valence-electron chi connectivity index (χ0n) is 13.0. The molecular formula is C18H29NO. The molecule has 1 N–H and O–H groups in total. The Morgan fingerprint density at radius 3 is 2.50 bits per heavy atom. The summed E-state index contributed by atoms with van der Waals surface area (Å²) in [5, 5.41) is 3.72. The monoisotopic (exact) mass is 275 g/mol. The first-order valence-corrected chi connectivity index (χ1v) is 8.28. The van der Waals surface area contributed by atoms with Gasteiger partial charge in [-0.15, -0.1) is 0 Å². The van der Waals surface area contributed by atoms with E-state index in [-0.39, 0.29) is 0 Å². The van der Waals surface area contributed by atoms with Crippen molar-refractivity contribution in [3.05, 3.63) is 29.8 Å². The minimum Gasteiger partial charge on any atom is -0.494 e. The molecule has 0 amide bonds. The highest BCUT2D eigenvalue weighted by Gasteiger charge is 2.30. The number of hydrogen-bond donors (Lipinski definition) is 1. The molecule has 1 saturated carbocycles. The Hall–Kier alpha value is -1.02.